The molecule has 0 saturated heterocycles. The lowest BCUT2D eigenvalue weighted by atomic mass is 10.3. The number of hydrogen-bond donors (Lipinski definition) is 1. The average Bonchev–Trinajstić information content (AvgIpc) is 2.41. The second-order valence-electron chi connectivity index (χ2n) is 3.66. The topological polar surface area (TPSA) is 44.5 Å². The molecule has 0 radical (unpaired) electrons. The molecule has 3 nitrogen and oxygen atoms in total. The SMILES string of the molecule is COc1ccc(Sc2ccccc2OC)c(N)c1. The Bertz CT molecular complexity index is 543. The maximum absolute atomic E-state index is 5.99. The van der Waals surface area contributed by atoms with Crippen LogP contribution >= 0.6 is 11.8 Å². The Morgan fingerprint density at radius 2 is 1.72 bits per heavy atom. The number of benzene rings is 2. The molecule has 0 bridgehead atoms. The molecule has 0 aromatic heterocycles. The Morgan fingerprint density at radius 3 is 2.39 bits per heavy atom. The largest absolute Gasteiger partial charge is 0.497 e. The lowest BCUT2D eigenvalue weighted by molar-refractivity contribution is 0.405. The van der Waals surface area contributed by atoms with Crippen LogP contribution in [0.15, 0.2) is 52.3 Å². The maximum Gasteiger partial charge on any atom is 0.132 e. The number of methoxy groups -OCH3 is 2. The minimum absolute atomic E-state index is 0.699. The van der Waals surface area contributed by atoms with Crippen molar-refractivity contribution >= 4 is 17.4 Å². The van der Waals surface area contributed by atoms with Crippen LogP contribution in [0, 0.1) is 0 Å². The van der Waals surface area contributed by atoms with Crippen molar-refractivity contribution in [3.05, 3.63) is 42.5 Å². The molecular formula is C14H15NO2S. The minimum Gasteiger partial charge on any atom is -0.497 e. The molecule has 94 valence electrons. The van der Waals surface area contributed by atoms with Crippen LogP contribution in [-0.4, -0.2) is 14.2 Å². The zero-order chi connectivity index (χ0) is 13.0. The predicted molar refractivity (Wildman–Crippen MR) is 74.5 cm³/mol. The molecule has 2 aromatic carbocycles. The summed E-state index contributed by atoms with van der Waals surface area (Å²) in [5.41, 5.74) is 6.69. The Hall–Kier alpha value is -1.81. The minimum atomic E-state index is 0.699. The summed E-state index contributed by atoms with van der Waals surface area (Å²) in [5.74, 6) is 1.61. The van der Waals surface area contributed by atoms with Gasteiger partial charge in [-0.2, -0.15) is 0 Å². The van der Waals surface area contributed by atoms with Gasteiger partial charge in [0.1, 0.15) is 11.5 Å². The molecule has 4 heteroatoms. The highest BCUT2D eigenvalue weighted by atomic mass is 32.2. The summed E-state index contributed by atoms with van der Waals surface area (Å²) in [6.45, 7) is 0. The third kappa shape index (κ3) is 2.71. The van der Waals surface area contributed by atoms with E-state index in [1.165, 1.54) is 0 Å². The Labute approximate surface area is 111 Å². The summed E-state index contributed by atoms with van der Waals surface area (Å²) in [6.07, 6.45) is 0. The number of hydrogen-bond acceptors (Lipinski definition) is 4. The molecule has 0 atom stereocenters. The van der Waals surface area contributed by atoms with Crippen molar-refractivity contribution in [1.29, 1.82) is 0 Å². The highest BCUT2D eigenvalue weighted by molar-refractivity contribution is 7.99. The van der Waals surface area contributed by atoms with E-state index in [9.17, 15) is 0 Å². The normalized spacial score (nSPS) is 10.1. The Kier molecular flexibility index (Phi) is 3.99. The molecule has 18 heavy (non-hydrogen) atoms. The predicted octanol–water partition coefficient (Wildman–Crippen LogP) is 3.44. The van der Waals surface area contributed by atoms with E-state index in [0.717, 1.165) is 21.3 Å². The lowest BCUT2D eigenvalue weighted by Gasteiger charge is -2.10. The highest BCUT2D eigenvalue weighted by Crippen LogP contribution is 2.38. The summed E-state index contributed by atoms with van der Waals surface area (Å²) in [7, 11) is 3.29. The van der Waals surface area contributed by atoms with Gasteiger partial charge in [-0.3, -0.25) is 0 Å². The Morgan fingerprint density at radius 1 is 0.944 bits per heavy atom. The number of ether oxygens (including phenoxy) is 2. The van der Waals surface area contributed by atoms with Gasteiger partial charge in [-0.15, -0.1) is 0 Å². The number of nitrogen functional groups attached to an aromatic ring is 1. The van der Waals surface area contributed by atoms with E-state index in [1.807, 2.05) is 42.5 Å². The van der Waals surface area contributed by atoms with E-state index in [0.29, 0.717) is 5.69 Å². The van der Waals surface area contributed by atoms with E-state index in [2.05, 4.69) is 0 Å². The van der Waals surface area contributed by atoms with Crippen molar-refractivity contribution in [2.75, 3.05) is 20.0 Å². The zero-order valence-corrected chi connectivity index (χ0v) is 11.2. The highest BCUT2D eigenvalue weighted by Gasteiger charge is 2.07. The van der Waals surface area contributed by atoms with Gasteiger partial charge in [-0.05, 0) is 24.3 Å². The molecule has 0 fully saturated rings. The van der Waals surface area contributed by atoms with Crippen molar-refractivity contribution in [2.45, 2.75) is 9.79 Å². The van der Waals surface area contributed by atoms with Crippen LogP contribution in [0.1, 0.15) is 0 Å². The van der Waals surface area contributed by atoms with E-state index in [1.54, 1.807) is 26.0 Å². The van der Waals surface area contributed by atoms with Gasteiger partial charge in [0.05, 0.1) is 19.1 Å². The summed E-state index contributed by atoms with van der Waals surface area (Å²) < 4.78 is 10.4. The zero-order valence-electron chi connectivity index (χ0n) is 10.3. The first-order valence-electron chi connectivity index (χ1n) is 5.49. The first kappa shape index (κ1) is 12.6. The molecule has 0 spiro atoms. The standard InChI is InChI=1S/C14H15NO2S/c1-16-10-7-8-13(11(15)9-10)18-14-6-4-3-5-12(14)17-2/h3-9H,15H2,1-2H3. The first-order valence-corrected chi connectivity index (χ1v) is 6.30. The van der Waals surface area contributed by atoms with E-state index < -0.39 is 0 Å². The Balaban J connectivity index is 2.28. The van der Waals surface area contributed by atoms with Gasteiger partial charge in [0.25, 0.3) is 0 Å². The van der Waals surface area contributed by atoms with Crippen molar-refractivity contribution < 1.29 is 9.47 Å². The smallest absolute Gasteiger partial charge is 0.132 e. The van der Waals surface area contributed by atoms with Crippen LogP contribution in [-0.2, 0) is 0 Å². The van der Waals surface area contributed by atoms with Crippen molar-refractivity contribution in [2.24, 2.45) is 0 Å². The monoisotopic (exact) mass is 261 g/mol. The third-order valence-electron chi connectivity index (χ3n) is 2.51. The van der Waals surface area contributed by atoms with Gasteiger partial charge in [-0.1, -0.05) is 23.9 Å². The molecular weight excluding hydrogens is 246 g/mol. The number of para-hydroxylation sites is 1. The lowest BCUT2D eigenvalue weighted by Crippen LogP contribution is -1.91. The van der Waals surface area contributed by atoms with Crippen LogP contribution in [0.25, 0.3) is 0 Å². The number of nitrogens with two attached hydrogens (primary N) is 1. The first-order chi connectivity index (χ1) is 8.74. The van der Waals surface area contributed by atoms with Gasteiger partial charge in [0, 0.05) is 16.6 Å². The number of anilines is 1. The van der Waals surface area contributed by atoms with Crippen LogP contribution in [0.5, 0.6) is 11.5 Å². The second kappa shape index (κ2) is 5.69. The van der Waals surface area contributed by atoms with Crippen molar-refractivity contribution in [3.8, 4) is 11.5 Å². The summed E-state index contributed by atoms with van der Waals surface area (Å²) in [6, 6.07) is 13.5. The molecule has 0 aliphatic rings. The molecule has 2 rings (SSSR count). The second-order valence-corrected chi connectivity index (χ2v) is 4.74. The van der Waals surface area contributed by atoms with E-state index in [4.69, 9.17) is 15.2 Å². The van der Waals surface area contributed by atoms with Gasteiger partial charge < -0.3 is 15.2 Å². The maximum atomic E-state index is 5.99. The van der Waals surface area contributed by atoms with Crippen LogP contribution in [0.4, 0.5) is 5.69 Å². The molecule has 0 aliphatic heterocycles. The fourth-order valence-electron chi connectivity index (χ4n) is 1.57. The van der Waals surface area contributed by atoms with E-state index >= 15 is 0 Å². The van der Waals surface area contributed by atoms with Crippen LogP contribution in [0.2, 0.25) is 0 Å². The van der Waals surface area contributed by atoms with Gasteiger partial charge in [-0.25, -0.2) is 0 Å². The molecule has 0 heterocycles. The van der Waals surface area contributed by atoms with Crippen LogP contribution < -0.4 is 15.2 Å². The van der Waals surface area contributed by atoms with Crippen molar-refractivity contribution in [3.63, 3.8) is 0 Å². The average molecular weight is 261 g/mol. The molecule has 0 unspecified atom stereocenters. The molecule has 0 saturated carbocycles. The molecule has 2 aromatic rings. The fourth-order valence-corrected chi connectivity index (χ4v) is 2.52. The summed E-state index contributed by atoms with van der Waals surface area (Å²) in [5, 5.41) is 0. The van der Waals surface area contributed by atoms with Gasteiger partial charge in [0.2, 0.25) is 0 Å². The number of rotatable bonds is 4. The van der Waals surface area contributed by atoms with Gasteiger partial charge in [0.15, 0.2) is 0 Å². The van der Waals surface area contributed by atoms with E-state index in [-0.39, 0.29) is 0 Å². The fraction of sp³-hybridized carbons (Fsp3) is 0.143. The van der Waals surface area contributed by atoms with Gasteiger partial charge >= 0.3 is 0 Å². The summed E-state index contributed by atoms with van der Waals surface area (Å²) >= 11 is 1.58. The third-order valence-corrected chi connectivity index (χ3v) is 3.65. The molecule has 0 aliphatic carbocycles. The van der Waals surface area contributed by atoms with Crippen molar-refractivity contribution in [1.82, 2.24) is 0 Å². The molecule has 2 N–H and O–H groups in total. The van der Waals surface area contributed by atoms with Crippen LogP contribution in [0.3, 0.4) is 0 Å². The molecule has 0 amide bonds. The summed E-state index contributed by atoms with van der Waals surface area (Å²) in [4.78, 5) is 2.03. The quantitative estimate of drug-likeness (QED) is 0.856.